The van der Waals surface area contributed by atoms with Crippen LogP contribution in [0.4, 0.5) is 10.1 Å². The molecule has 2 heteroatoms. The smallest absolute Gasteiger partial charge is 0.128 e. The van der Waals surface area contributed by atoms with Gasteiger partial charge in [-0.3, -0.25) is 0 Å². The fourth-order valence-electron chi connectivity index (χ4n) is 1.37. The van der Waals surface area contributed by atoms with Crippen LogP contribution in [0.5, 0.6) is 0 Å². The van der Waals surface area contributed by atoms with Crippen molar-refractivity contribution in [3.8, 4) is 0 Å². The molecule has 0 aliphatic carbocycles. The van der Waals surface area contributed by atoms with Crippen LogP contribution < -0.4 is 5.32 Å². The van der Waals surface area contributed by atoms with Gasteiger partial charge in [-0.1, -0.05) is 26.8 Å². The number of nitrogens with one attached hydrogen (secondary N) is 1. The van der Waals surface area contributed by atoms with Crippen molar-refractivity contribution in [1.82, 2.24) is 0 Å². The molecule has 1 nitrogen and oxygen atoms in total. The Bertz CT molecular complexity index is 326. The highest BCUT2D eigenvalue weighted by atomic mass is 19.1. The Morgan fingerprint density at radius 2 is 1.93 bits per heavy atom. The van der Waals surface area contributed by atoms with Gasteiger partial charge in [-0.15, -0.1) is 0 Å². The Labute approximate surface area is 91.7 Å². The maximum absolute atomic E-state index is 13.2. The van der Waals surface area contributed by atoms with Gasteiger partial charge < -0.3 is 5.32 Å². The van der Waals surface area contributed by atoms with E-state index in [4.69, 9.17) is 0 Å². The summed E-state index contributed by atoms with van der Waals surface area (Å²) in [7, 11) is 0. The van der Waals surface area contributed by atoms with Crippen molar-refractivity contribution in [3.05, 3.63) is 29.6 Å². The fourth-order valence-corrected chi connectivity index (χ4v) is 1.37. The van der Waals surface area contributed by atoms with Gasteiger partial charge in [0, 0.05) is 17.8 Å². The second-order valence-electron chi connectivity index (χ2n) is 5.15. The molecule has 0 unspecified atom stereocenters. The number of benzene rings is 1. The van der Waals surface area contributed by atoms with Crippen LogP contribution in [0.25, 0.3) is 0 Å². The van der Waals surface area contributed by atoms with Crippen LogP contribution in [-0.4, -0.2) is 6.54 Å². The molecule has 1 N–H and O–H groups in total. The molecule has 0 aliphatic rings. The molecule has 0 saturated heterocycles. The highest BCUT2D eigenvalue weighted by Crippen LogP contribution is 2.21. The topological polar surface area (TPSA) is 12.0 Å². The first-order valence-corrected chi connectivity index (χ1v) is 5.39. The van der Waals surface area contributed by atoms with E-state index in [-0.39, 0.29) is 5.82 Å². The summed E-state index contributed by atoms with van der Waals surface area (Å²) in [4.78, 5) is 0. The molecule has 0 fully saturated rings. The lowest BCUT2D eigenvalue weighted by Gasteiger charge is -2.19. The maximum Gasteiger partial charge on any atom is 0.128 e. The lowest BCUT2D eigenvalue weighted by Crippen LogP contribution is -2.13. The van der Waals surface area contributed by atoms with Crippen LogP contribution in [0.3, 0.4) is 0 Å². The predicted molar refractivity (Wildman–Crippen MR) is 63.7 cm³/mol. The van der Waals surface area contributed by atoms with Crippen LogP contribution in [0.1, 0.15) is 32.8 Å². The van der Waals surface area contributed by atoms with E-state index in [1.54, 1.807) is 13.0 Å². The maximum atomic E-state index is 13.2. The van der Waals surface area contributed by atoms with Crippen molar-refractivity contribution in [2.45, 2.75) is 34.1 Å². The number of hydrogen-bond donors (Lipinski definition) is 1. The third-order valence-corrected chi connectivity index (χ3v) is 2.46. The molecular formula is C13H20FN. The van der Waals surface area contributed by atoms with Gasteiger partial charge in [0.25, 0.3) is 0 Å². The average molecular weight is 209 g/mol. The summed E-state index contributed by atoms with van der Waals surface area (Å²) in [5.41, 5.74) is 1.92. The molecule has 15 heavy (non-hydrogen) atoms. The van der Waals surface area contributed by atoms with E-state index in [0.29, 0.717) is 11.0 Å². The second-order valence-corrected chi connectivity index (χ2v) is 5.15. The predicted octanol–water partition coefficient (Wildman–Crippen LogP) is 3.98. The first kappa shape index (κ1) is 12.0. The molecule has 1 aromatic carbocycles. The Hall–Kier alpha value is -1.05. The number of anilines is 1. The van der Waals surface area contributed by atoms with E-state index in [1.165, 1.54) is 6.07 Å². The van der Waals surface area contributed by atoms with Gasteiger partial charge in [-0.25, -0.2) is 4.39 Å². The number of rotatable bonds is 3. The molecule has 0 atom stereocenters. The lowest BCUT2D eigenvalue weighted by molar-refractivity contribution is 0.389. The summed E-state index contributed by atoms with van der Waals surface area (Å²) < 4.78 is 13.2. The zero-order chi connectivity index (χ0) is 11.5. The molecule has 0 amide bonds. The molecule has 0 saturated carbocycles. The van der Waals surface area contributed by atoms with Gasteiger partial charge in [0.2, 0.25) is 0 Å². The van der Waals surface area contributed by atoms with Crippen molar-refractivity contribution in [3.63, 3.8) is 0 Å². The molecule has 0 heterocycles. The molecule has 1 aromatic rings. The van der Waals surface area contributed by atoms with Crippen LogP contribution in [0.2, 0.25) is 0 Å². The summed E-state index contributed by atoms with van der Waals surface area (Å²) >= 11 is 0. The number of hydrogen-bond acceptors (Lipinski definition) is 1. The zero-order valence-corrected chi connectivity index (χ0v) is 10.0. The number of halogens is 1. The normalized spacial score (nSPS) is 11.5. The first-order chi connectivity index (χ1) is 6.90. The Kier molecular flexibility index (Phi) is 3.72. The summed E-state index contributed by atoms with van der Waals surface area (Å²) in [5.74, 6) is -0.143. The minimum atomic E-state index is -0.143. The summed E-state index contributed by atoms with van der Waals surface area (Å²) in [5, 5.41) is 3.27. The molecule has 0 aliphatic heterocycles. The Balaban J connectivity index is 2.55. The van der Waals surface area contributed by atoms with Gasteiger partial charge in [0.1, 0.15) is 5.82 Å². The molecule has 1 rings (SSSR count). The quantitative estimate of drug-likeness (QED) is 0.794. The van der Waals surface area contributed by atoms with Crippen molar-refractivity contribution in [2.24, 2.45) is 5.41 Å². The van der Waals surface area contributed by atoms with Crippen LogP contribution in [0.15, 0.2) is 18.2 Å². The standard InChI is InChI=1S/C13H20FN/c1-10-11(14)6-5-7-12(10)15-9-8-13(2,3)4/h5-7,15H,8-9H2,1-4H3. The minimum absolute atomic E-state index is 0.143. The van der Waals surface area contributed by atoms with Crippen LogP contribution in [-0.2, 0) is 0 Å². The van der Waals surface area contributed by atoms with E-state index in [9.17, 15) is 4.39 Å². The minimum Gasteiger partial charge on any atom is -0.385 e. The molecule has 0 radical (unpaired) electrons. The lowest BCUT2D eigenvalue weighted by atomic mass is 9.92. The van der Waals surface area contributed by atoms with E-state index >= 15 is 0 Å². The Morgan fingerprint density at radius 3 is 2.53 bits per heavy atom. The summed E-state index contributed by atoms with van der Waals surface area (Å²) in [6.45, 7) is 9.29. The van der Waals surface area contributed by atoms with Crippen molar-refractivity contribution in [2.75, 3.05) is 11.9 Å². The van der Waals surface area contributed by atoms with E-state index in [2.05, 4.69) is 26.1 Å². The van der Waals surface area contributed by atoms with Crippen molar-refractivity contribution < 1.29 is 4.39 Å². The highest BCUT2D eigenvalue weighted by molar-refractivity contribution is 5.50. The van der Waals surface area contributed by atoms with Crippen LogP contribution >= 0.6 is 0 Å². The highest BCUT2D eigenvalue weighted by Gasteiger charge is 2.09. The molecule has 0 bridgehead atoms. The van der Waals surface area contributed by atoms with Crippen molar-refractivity contribution in [1.29, 1.82) is 0 Å². The summed E-state index contributed by atoms with van der Waals surface area (Å²) in [6.07, 6.45) is 1.07. The van der Waals surface area contributed by atoms with E-state index in [1.807, 2.05) is 6.07 Å². The van der Waals surface area contributed by atoms with Gasteiger partial charge in [0.05, 0.1) is 0 Å². The van der Waals surface area contributed by atoms with Crippen molar-refractivity contribution >= 4 is 5.69 Å². The average Bonchev–Trinajstić information content (AvgIpc) is 2.10. The second kappa shape index (κ2) is 4.65. The third-order valence-electron chi connectivity index (χ3n) is 2.46. The van der Waals surface area contributed by atoms with E-state index in [0.717, 1.165) is 18.7 Å². The monoisotopic (exact) mass is 209 g/mol. The summed E-state index contributed by atoms with van der Waals surface area (Å²) in [6, 6.07) is 5.15. The first-order valence-electron chi connectivity index (χ1n) is 5.39. The largest absolute Gasteiger partial charge is 0.385 e. The van der Waals surface area contributed by atoms with Gasteiger partial charge in [-0.2, -0.15) is 0 Å². The zero-order valence-electron chi connectivity index (χ0n) is 10.0. The van der Waals surface area contributed by atoms with Gasteiger partial charge in [-0.05, 0) is 30.9 Å². The fraction of sp³-hybridized carbons (Fsp3) is 0.538. The van der Waals surface area contributed by atoms with Gasteiger partial charge in [0.15, 0.2) is 0 Å². The SMILES string of the molecule is Cc1c(F)cccc1NCCC(C)(C)C. The van der Waals surface area contributed by atoms with Crippen LogP contribution in [0, 0.1) is 18.2 Å². The molecule has 0 aromatic heterocycles. The molecule has 0 spiro atoms. The third kappa shape index (κ3) is 3.90. The van der Waals surface area contributed by atoms with Gasteiger partial charge >= 0.3 is 0 Å². The molecule has 84 valence electrons. The Morgan fingerprint density at radius 1 is 1.27 bits per heavy atom. The molecular weight excluding hydrogens is 189 g/mol. The van der Waals surface area contributed by atoms with E-state index < -0.39 is 0 Å².